The average molecular weight is 297 g/mol. The first-order chi connectivity index (χ1) is 9.39. The molecule has 20 heavy (non-hydrogen) atoms. The molecule has 1 aromatic carbocycles. The molecule has 0 spiro atoms. The molecule has 0 unspecified atom stereocenters. The summed E-state index contributed by atoms with van der Waals surface area (Å²) in [6, 6.07) is 9.01. The summed E-state index contributed by atoms with van der Waals surface area (Å²) < 4.78 is 29.3. The third-order valence-electron chi connectivity index (χ3n) is 3.76. The number of hydrogen-bond acceptors (Lipinski definition) is 5. The topological polar surface area (TPSA) is 86.5 Å². The van der Waals surface area contributed by atoms with Crippen molar-refractivity contribution in [1.29, 1.82) is 0 Å². The molecular formula is C14H19NO4S. The van der Waals surface area contributed by atoms with Crippen molar-refractivity contribution in [2.45, 2.75) is 30.6 Å². The summed E-state index contributed by atoms with van der Waals surface area (Å²) in [6.07, 6.45) is 0. The van der Waals surface area contributed by atoms with Crippen molar-refractivity contribution in [1.82, 2.24) is 0 Å². The van der Waals surface area contributed by atoms with Gasteiger partial charge in [0.15, 0.2) is 9.84 Å². The monoisotopic (exact) mass is 297 g/mol. The first kappa shape index (κ1) is 15.0. The molecule has 1 aliphatic rings. The van der Waals surface area contributed by atoms with Gasteiger partial charge < -0.3 is 10.5 Å². The second kappa shape index (κ2) is 5.18. The Labute approximate surface area is 119 Å². The van der Waals surface area contributed by atoms with Crippen LogP contribution in [0.3, 0.4) is 0 Å². The highest BCUT2D eigenvalue weighted by atomic mass is 32.2. The fourth-order valence-electron chi connectivity index (χ4n) is 2.67. The van der Waals surface area contributed by atoms with Crippen molar-refractivity contribution in [2.75, 3.05) is 12.4 Å². The molecule has 2 N–H and O–H groups in total. The lowest BCUT2D eigenvalue weighted by Gasteiger charge is -2.10. The minimum Gasteiger partial charge on any atom is -0.465 e. The van der Waals surface area contributed by atoms with Gasteiger partial charge in [-0.3, -0.25) is 0 Å². The van der Waals surface area contributed by atoms with Crippen molar-refractivity contribution in [3.63, 3.8) is 0 Å². The molecule has 0 radical (unpaired) electrons. The van der Waals surface area contributed by atoms with Crippen LogP contribution in [0.4, 0.5) is 0 Å². The summed E-state index contributed by atoms with van der Waals surface area (Å²) in [6.45, 7) is 3.41. The van der Waals surface area contributed by atoms with E-state index in [0.29, 0.717) is 0 Å². The Bertz CT molecular complexity index is 599. The number of hydrogen-bond donors (Lipinski definition) is 1. The van der Waals surface area contributed by atoms with Crippen LogP contribution in [0, 0.1) is 0 Å². The number of benzene rings is 1. The molecule has 0 aliphatic heterocycles. The zero-order valence-corrected chi connectivity index (χ0v) is 12.4. The largest absolute Gasteiger partial charge is 0.465 e. The van der Waals surface area contributed by atoms with Crippen molar-refractivity contribution >= 4 is 15.8 Å². The van der Waals surface area contributed by atoms with Gasteiger partial charge in [-0.05, 0) is 12.5 Å². The van der Waals surface area contributed by atoms with Gasteiger partial charge in [-0.2, -0.15) is 0 Å². The minimum atomic E-state index is -3.42. The van der Waals surface area contributed by atoms with Gasteiger partial charge >= 0.3 is 5.97 Å². The molecule has 0 bridgehead atoms. The van der Waals surface area contributed by atoms with E-state index in [9.17, 15) is 13.2 Å². The summed E-state index contributed by atoms with van der Waals surface area (Å²) in [4.78, 5) is 12.1. The Hall–Kier alpha value is -1.40. The van der Waals surface area contributed by atoms with E-state index in [4.69, 9.17) is 10.5 Å². The fraction of sp³-hybridized carbons (Fsp3) is 0.500. The summed E-state index contributed by atoms with van der Waals surface area (Å²) >= 11 is 0. The standard InChI is InChI=1S/C14H19NO4S/c1-3-19-13(16)14(15)11(10-8-6-5-7-9-10)12(14)20(17,18)4-2/h5-9,11-12H,3-4,15H2,1-2H3/t11-,12+,14-/m1/s1. The molecule has 0 aromatic heterocycles. The molecule has 6 heteroatoms. The first-order valence-electron chi connectivity index (χ1n) is 6.62. The van der Waals surface area contributed by atoms with Crippen molar-refractivity contribution < 1.29 is 17.9 Å². The lowest BCUT2D eigenvalue weighted by atomic mass is 10.1. The molecule has 3 atom stereocenters. The second-order valence-corrected chi connectivity index (χ2v) is 7.32. The Morgan fingerprint density at radius 2 is 1.90 bits per heavy atom. The zero-order chi connectivity index (χ0) is 15.0. The predicted octanol–water partition coefficient (Wildman–Crippen LogP) is 0.848. The number of ether oxygens (including phenoxy) is 1. The quantitative estimate of drug-likeness (QED) is 0.814. The van der Waals surface area contributed by atoms with Crippen LogP contribution < -0.4 is 5.73 Å². The number of carbonyl (C=O) groups is 1. The maximum absolute atomic E-state index is 12.2. The van der Waals surface area contributed by atoms with Crippen LogP contribution in [0.5, 0.6) is 0 Å². The molecule has 1 aliphatic carbocycles. The smallest absolute Gasteiger partial charge is 0.328 e. The molecule has 0 saturated heterocycles. The lowest BCUT2D eigenvalue weighted by Crippen LogP contribution is -2.41. The molecule has 1 aromatic rings. The van der Waals surface area contributed by atoms with Gasteiger partial charge in [-0.1, -0.05) is 37.3 Å². The average Bonchev–Trinajstić information content (AvgIpc) is 3.09. The summed E-state index contributed by atoms with van der Waals surface area (Å²) in [5.41, 5.74) is 5.39. The van der Waals surface area contributed by atoms with Gasteiger partial charge in [-0.25, -0.2) is 13.2 Å². The molecule has 1 saturated carbocycles. The number of carbonyl (C=O) groups excluding carboxylic acids is 1. The maximum atomic E-state index is 12.2. The number of rotatable bonds is 5. The van der Waals surface area contributed by atoms with E-state index in [0.717, 1.165) is 5.56 Å². The highest BCUT2D eigenvalue weighted by Crippen LogP contribution is 2.54. The normalized spacial score (nSPS) is 28.9. The Morgan fingerprint density at radius 1 is 1.30 bits per heavy atom. The number of sulfone groups is 1. The fourth-order valence-corrected chi connectivity index (χ4v) is 4.58. The predicted molar refractivity (Wildman–Crippen MR) is 76.0 cm³/mol. The molecule has 5 nitrogen and oxygen atoms in total. The Balaban J connectivity index is 2.42. The maximum Gasteiger partial charge on any atom is 0.328 e. The number of nitrogens with two attached hydrogens (primary N) is 1. The SMILES string of the molecule is CCOC(=O)[C@@]1(N)[C@H](c2ccccc2)[C@@H]1S(=O)(=O)CC. The lowest BCUT2D eigenvalue weighted by molar-refractivity contribution is -0.145. The molecular weight excluding hydrogens is 278 g/mol. The van der Waals surface area contributed by atoms with E-state index in [1.54, 1.807) is 38.1 Å². The summed E-state index contributed by atoms with van der Waals surface area (Å²) in [5.74, 6) is -1.22. The zero-order valence-electron chi connectivity index (χ0n) is 11.6. The molecule has 1 fully saturated rings. The Morgan fingerprint density at radius 3 is 2.40 bits per heavy atom. The van der Waals surface area contributed by atoms with Gasteiger partial charge in [0.1, 0.15) is 5.54 Å². The van der Waals surface area contributed by atoms with E-state index < -0.39 is 32.5 Å². The third-order valence-corrected chi connectivity index (χ3v) is 6.00. The van der Waals surface area contributed by atoms with Crippen LogP contribution in [-0.2, 0) is 19.4 Å². The van der Waals surface area contributed by atoms with Crippen LogP contribution in [0.1, 0.15) is 25.3 Å². The van der Waals surface area contributed by atoms with Crippen LogP contribution in [0.2, 0.25) is 0 Å². The van der Waals surface area contributed by atoms with Crippen molar-refractivity contribution in [2.24, 2.45) is 5.73 Å². The molecule has 2 rings (SSSR count). The van der Waals surface area contributed by atoms with Crippen LogP contribution in [0.15, 0.2) is 30.3 Å². The van der Waals surface area contributed by atoms with Crippen molar-refractivity contribution in [3.8, 4) is 0 Å². The Kier molecular flexibility index (Phi) is 3.88. The molecule has 110 valence electrons. The van der Waals surface area contributed by atoms with Crippen LogP contribution in [-0.4, -0.2) is 37.5 Å². The minimum absolute atomic E-state index is 0.0423. The first-order valence-corrected chi connectivity index (χ1v) is 8.33. The van der Waals surface area contributed by atoms with Crippen LogP contribution >= 0.6 is 0 Å². The van der Waals surface area contributed by atoms with E-state index in [1.807, 2.05) is 6.07 Å². The molecule has 0 heterocycles. The summed E-state index contributed by atoms with van der Waals surface area (Å²) in [7, 11) is -3.42. The van der Waals surface area contributed by atoms with Gasteiger partial charge in [0.2, 0.25) is 0 Å². The van der Waals surface area contributed by atoms with E-state index in [1.165, 1.54) is 0 Å². The van der Waals surface area contributed by atoms with Gasteiger partial charge in [-0.15, -0.1) is 0 Å². The number of esters is 1. The van der Waals surface area contributed by atoms with E-state index in [-0.39, 0.29) is 12.4 Å². The van der Waals surface area contributed by atoms with Gasteiger partial charge in [0, 0.05) is 11.7 Å². The van der Waals surface area contributed by atoms with E-state index >= 15 is 0 Å². The van der Waals surface area contributed by atoms with E-state index in [2.05, 4.69) is 0 Å². The highest BCUT2D eigenvalue weighted by molar-refractivity contribution is 7.92. The van der Waals surface area contributed by atoms with Crippen molar-refractivity contribution in [3.05, 3.63) is 35.9 Å². The van der Waals surface area contributed by atoms with Gasteiger partial charge in [0.25, 0.3) is 0 Å². The second-order valence-electron chi connectivity index (χ2n) is 4.91. The van der Waals surface area contributed by atoms with Gasteiger partial charge in [0.05, 0.1) is 11.9 Å². The highest BCUT2D eigenvalue weighted by Gasteiger charge is 2.73. The summed E-state index contributed by atoms with van der Waals surface area (Å²) in [5, 5.41) is -0.901. The third kappa shape index (κ3) is 2.23. The molecule has 0 amide bonds. The van der Waals surface area contributed by atoms with Crippen LogP contribution in [0.25, 0.3) is 0 Å².